The Morgan fingerprint density at radius 3 is 2.63 bits per heavy atom. The Hall–Kier alpha value is -1.27. The molecule has 4 saturated heterocycles. The Morgan fingerprint density at radius 1 is 1.20 bits per heavy atom. The maximum atomic E-state index is 12.4. The predicted octanol–water partition coefficient (Wildman–Crippen LogP) is 4.17. The molecule has 1 N–H and O–H groups in total. The van der Waals surface area contributed by atoms with Crippen molar-refractivity contribution in [1.29, 1.82) is 0 Å². The summed E-state index contributed by atoms with van der Waals surface area (Å²) in [6.07, 6.45) is 3.15. The van der Waals surface area contributed by atoms with E-state index < -0.39 is 39.8 Å². The van der Waals surface area contributed by atoms with Crippen molar-refractivity contribution in [3.8, 4) is 0 Å². The Balaban J connectivity index is 1.45. The molecule has 4 aliphatic heterocycles. The molecule has 194 valence electrons. The molecular weight excluding hydrogens is 500 g/mol. The van der Waals surface area contributed by atoms with Gasteiger partial charge >= 0.3 is 5.97 Å². The molecule has 1 aromatic carbocycles. The molecule has 11 heteroatoms. The van der Waals surface area contributed by atoms with Crippen LogP contribution in [0.1, 0.15) is 62.4 Å². The Labute approximate surface area is 209 Å². The Kier molecular flexibility index (Phi) is 6.27. The molecule has 1 saturated carbocycles. The number of rotatable bonds is 5. The normalized spacial score (nSPS) is 40.7. The van der Waals surface area contributed by atoms with Gasteiger partial charge in [0.1, 0.15) is 0 Å². The van der Waals surface area contributed by atoms with Crippen LogP contribution in [0, 0.1) is 23.7 Å². The summed E-state index contributed by atoms with van der Waals surface area (Å²) in [4.78, 5) is 23.2. The van der Waals surface area contributed by atoms with Crippen LogP contribution in [-0.4, -0.2) is 49.7 Å². The summed E-state index contributed by atoms with van der Waals surface area (Å²) < 4.78 is 43.7. The molecule has 0 unspecified atom stereocenters. The minimum atomic E-state index is -3.77. The third kappa shape index (κ3) is 4.11. The zero-order chi connectivity index (χ0) is 25.3. The maximum absolute atomic E-state index is 12.4. The summed E-state index contributed by atoms with van der Waals surface area (Å²) >= 11 is 6.33. The third-order valence-corrected chi connectivity index (χ3v) is 9.79. The number of fused-ring (bicyclic) bond motifs is 2. The standard InChI is InChI=1S/C24H31ClO9S/c1-12-5-6-17-13(2)21(31-22-24(17)16(12)7-8-23(3,32-22)33-34-24)30-11-15-18(25)9-14(20(26)27)10-19(15)35(4,28)29/h9-10,12-13,16-17,21-22H,5-8,11H2,1-4H3,(H,26,27)/t12-,13-,16+,17+,21+,22-,23-,24-/m1/s1. The first-order valence-corrected chi connectivity index (χ1v) is 14.2. The number of halogens is 1. The van der Waals surface area contributed by atoms with E-state index in [1.807, 2.05) is 13.8 Å². The van der Waals surface area contributed by atoms with Crippen molar-refractivity contribution in [1.82, 2.24) is 0 Å². The van der Waals surface area contributed by atoms with Crippen LogP contribution in [-0.2, 0) is 40.4 Å². The Morgan fingerprint density at radius 2 is 1.94 bits per heavy atom. The van der Waals surface area contributed by atoms with E-state index in [-0.39, 0.29) is 45.4 Å². The van der Waals surface area contributed by atoms with E-state index in [0.29, 0.717) is 12.3 Å². The van der Waals surface area contributed by atoms with Crippen LogP contribution in [0.5, 0.6) is 0 Å². The fraction of sp³-hybridized carbons (Fsp3) is 0.708. The van der Waals surface area contributed by atoms with E-state index in [9.17, 15) is 18.3 Å². The summed E-state index contributed by atoms with van der Waals surface area (Å²) in [5, 5.41) is 9.33. The van der Waals surface area contributed by atoms with Gasteiger partial charge in [0, 0.05) is 35.1 Å². The maximum Gasteiger partial charge on any atom is 0.335 e. The van der Waals surface area contributed by atoms with Gasteiger partial charge in [-0.15, -0.1) is 0 Å². The lowest BCUT2D eigenvalue weighted by Gasteiger charge is -2.60. The molecule has 6 rings (SSSR count). The van der Waals surface area contributed by atoms with Crippen LogP contribution >= 0.6 is 11.6 Å². The molecule has 5 fully saturated rings. The lowest BCUT2D eigenvalue weighted by molar-refractivity contribution is -0.577. The predicted molar refractivity (Wildman–Crippen MR) is 123 cm³/mol. The van der Waals surface area contributed by atoms with Crippen molar-refractivity contribution in [3.05, 3.63) is 28.3 Å². The highest BCUT2D eigenvalue weighted by atomic mass is 35.5. The number of hydrogen-bond donors (Lipinski definition) is 1. The number of hydrogen-bond acceptors (Lipinski definition) is 8. The highest BCUT2D eigenvalue weighted by molar-refractivity contribution is 7.90. The van der Waals surface area contributed by atoms with E-state index in [4.69, 9.17) is 35.6 Å². The van der Waals surface area contributed by atoms with Crippen LogP contribution < -0.4 is 0 Å². The van der Waals surface area contributed by atoms with Gasteiger partial charge in [-0.3, -0.25) is 0 Å². The van der Waals surface area contributed by atoms with Gasteiger partial charge in [0.15, 0.2) is 28.0 Å². The highest BCUT2D eigenvalue weighted by Crippen LogP contribution is 2.60. The van der Waals surface area contributed by atoms with Gasteiger partial charge in [0.05, 0.1) is 17.1 Å². The number of sulfone groups is 1. The van der Waals surface area contributed by atoms with Crippen LogP contribution in [0.2, 0.25) is 5.02 Å². The third-order valence-electron chi connectivity index (χ3n) is 8.29. The van der Waals surface area contributed by atoms with Crippen molar-refractivity contribution in [3.63, 3.8) is 0 Å². The van der Waals surface area contributed by atoms with Crippen LogP contribution in [0.4, 0.5) is 0 Å². The summed E-state index contributed by atoms with van der Waals surface area (Å²) in [7, 11) is -3.77. The topological polar surface area (TPSA) is 118 Å². The van der Waals surface area contributed by atoms with Gasteiger partial charge in [-0.25, -0.2) is 23.0 Å². The van der Waals surface area contributed by atoms with Crippen molar-refractivity contribution in [2.75, 3.05) is 6.26 Å². The molecule has 5 aliphatic rings. The number of carboxylic acid groups (broad SMARTS) is 1. The molecule has 2 bridgehead atoms. The van der Waals surface area contributed by atoms with Crippen molar-refractivity contribution in [2.24, 2.45) is 23.7 Å². The summed E-state index contributed by atoms with van der Waals surface area (Å²) in [5.41, 5.74) is -0.745. The fourth-order valence-electron chi connectivity index (χ4n) is 6.43. The second kappa shape index (κ2) is 8.65. The van der Waals surface area contributed by atoms with Crippen molar-refractivity contribution >= 4 is 27.4 Å². The molecule has 0 aromatic heterocycles. The van der Waals surface area contributed by atoms with Crippen LogP contribution in [0.15, 0.2) is 17.0 Å². The SMILES string of the molecule is C[C@H]1[C@@H](OCc2c(Cl)cc(C(=O)O)cc2S(C)(=O)=O)O[C@@H]2O[C@@]3(C)CC[C@H]4[C@H](C)CC[C@@H]1[C@@]24OO3. The van der Waals surface area contributed by atoms with Crippen molar-refractivity contribution in [2.45, 2.75) is 81.9 Å². The van der Waals surface area contributed by atoms with Crippen molar-refractivity contribution < 1.29 is 42.3 Å². The van der Waals surface area contributed by atoms with Gasteiger partial charge in [0.2, 0.25) is 5.79 Å². The highest BCUT2D eigenvalue weighted by Gasteiger charge is 2.69. The number of ether oxygens (including phenoxy) is 3. The van der Waals surface area contributed by atoms with Gasteiger partial charge < -0.3 is 19.3 Å². The fourth-order valence-corrected chi connectivity index (χ4v) is 7.72. The van der Waals surface area contributed by atoms with E-state index in [1.54, 1.807) is 0 Å². The second-order valence-electron chi connectivity index (χ2n) is 10.6. The smallest absolute Gasteiger partial charge is 0.335 e. The Bertz CT molecular complexity index is 1140. The van der Waals surface area contributed by atoms with E-state index >= 15 is 0 Å². The molecule has 8 atom stereocenters. The van der Waals surface area contributed by atoms with Gasteiger partial charge in [0.25, 0.3) is 0 Å². The average molecular weight is 531 g/mol. The largest absolute Gasteiger partial charge is 0.478 e. The van der Waals surface area contributed by atoms with Gasteiger partial charge in [-0.05, 0) is 50.2 Å². The van der Waals surface area contributed by atoms with Gasteiger partial charge in [-0.2, -0.15) is 0 Å². The number of carboxylic acids is 1. The molecule has 1 aromatic rings. The first kappa shape index (κ1) is 25.4. The molecule has 35 heavy (non-hydrogen) atoms. The number of carbonyl (C=O) groups is 1. The molecule has 0 radical (unpaired) electrons. The first-order chi connectivity index (χ1) is 16.4. The monoisotopic (exact) mass is 530 g/mol. The summed E-state index contributed by atoms with van der Waals surface area (Å²) in [6.45, 7) is 5.94. The molecule has 0 amide bonds. The number of aromatic carboxylic acids is 1. The minimum absolute atomic E-state index is 0.00540. The zero-order valence-corrected chi connectivity index (χ0v) is 21.7. The molecule has 1 aliphatic carbocycles. The lowest BCUT2D eigenvalue weighted by Crippen LogP contribution is -2.70. The minimum Gasteiger partial charge on any atom is -0.478 e. The quantitative estimate of drug-likeness (QED) is 0.559. The summed E-state index contributed by atoms with van der Waals surface area (Å²) in [5.74, 6) is -1.59. The van der Waals surface area contributed by atoms with Crippen LogP contribution in [0.25, 0.3) is 0 Å². The van der Waals surface area contributed by atoms with E-state index in [0.717, 1.165) is 31.6 Å². The first-order valence-electron chi connectivity index (χ1n) is 11.9. The molecule has 4 heterocycles. The second-order valence-corrected chi connectivity index (χ2v) is 13.0. The van der Waals surface area contributed by atoms with E-state index in [1.165, 1.54) is 6.07 Å². The lowest BCUT2D eigenvalue weighted by atomic mass is 9.58. The summed E-state index contributed by atoms with van der Waals surface area (Å²) in [6, 6.07) is 2.33. The average Bonchev–Trinajstić information content (AvgIpc) is 3.00. The zero-order valence-electron chi connectivity index (χ0n) is 20.2. The molecular formula is C24H31ClO9S. The molecule has 9 nitrogen and oxygen atoms in total. The van der Waals surface area contributed by atoms with Crippen LogP contribution in [0.3, 0.4) is 0 Å². The van der Waals surface area contributed by atoms with E-state index in [2.05, 4.69) is 6.92 Å². The van der Waals surface area contributed by atoms with Gasteiger partial charge in [-0.1, -0.05) is 25.4 Å². The molecule has 1 spiro atoms. The number of benzene rings is 1.